The highest BCUT2D eigenvalue weighted by Gasteiger charge is 2.56. The summed E-state index contributed by atoms with van der Waals surface area (Å²) in [5, 5.41) is 3.25. The number of alkyl halides is 1. The molecule has 1 N–H and O–H groups in total. The number of carbonyl (C=O) groups excluding carboxylic acids is 3. The molecule has 0 spiro atoms. The Labute approximate surface area is 225 Å². The van der Waals surface area contributed by atoms with Crippen LogP contribution in [0.25, 0.3) is 0 Å². The van der Waals surface area contributed by atoms with Crippen LogP contribution in [0.15, 0.2) is 48.5 Å². The van der Waals surface area contributed by atoms with Gasteiger partial charge in [0, 0.05) is 51.0 Å². The number of carbonyl (C=O) groups is 3. The van der Waals surface area contributed by atoms with Gasteiger partial charge in [-0.1, -0.05) is 12.1 Å². The summed E-state index contributed by atoms with van der Waals surface area (Å²) >= 11 is 0. The Kier molecular flexibility index (Phi) is 7.66. The van der Waals surface area contributed by atoms with Crippen LogP contribution < -0.4 is 10.1 Å². The van der Waals surface area contributed by atoms with Crippen molar-refractivity contribution < 1.29 is 32.3 Å². The first-order valence-corrected chi connectivity index (χ1v) is 13.3. The van der Waals surface area contributed by atoms with Crippen LogP contribution in [-0.4, -0.2) is 72.5 Å². The summed E-state index contributed by atoms with van der Waals surface area (Å²) in [4.78, 5) is 43.5. The SMILES string of the molecule is CN(C(=O)Oc1ccc(F)cc1)[C@]1(C(=O)C2CCN(C(=O)C3CC(F)C3)CC2)CNC[C@H]1c1ccc(F)cc1. The molecule has 2 aromatic carbocycles. The zero-order valence-corrected chi connectivity index (χ0v) is 21.7. The molecule has 0 aromatic heterocycles. The number of hydrogen-bond acceptors (Lipinski definition) is 5. The number of ketones is 1. The van der Waals surface area contributed by atoms with Crippen LogP contribution >= 0.6 is 0 Å². The lowest BCUT2D eigenvalue weighted by atomic mass is 9.72. The molecule has 3 aliphatic rings. The zero-order chi connectivity index (χ0) is 27.7. The van der Waals surface area contributed by atoms with Crippen LogP contribution in [0.1, 0.15) is 37.2 Å². The summed E-state index contributed by atoms with van der Waals surface area (Å²) in [7, 11) is 1.51. The van der Waals surface area contributed by atoms with Crippen molar-refractivity contribution in [3.05, 3.63) is 65.7 Å². The minimum Gasteiger partial charge on any atom is -0.410 e. The molecule has 0 bridgehead atoms. The molecule has 208 valence electrons. The number of ether oxygens (including phenoxy) is 1. The molecule has 2 heterocycles. The molecule has 2 saturated heterocycles. The van der Waals surface area contributed by atoms with Crippen LogP contribution in [-0.2, 0) is 9.59 Å². The van der Waals surface area contributed by atoms with Gasteiger partial charge in [-0.15, -0.1) is 0 Å². The van der Waals surface area contributed by atoms with Gasteiger partial charge in [0.1, 0.15) is 29.1 Å². The van der Waals surface area contributed by atoms with Gasteiger partial charge in [-0.05, 0) is 67.6 Å². The highest BCUT2D eigenvalue weighted by Crippen LogP contribution is 2.41. The molecule has 7 nitrogen and oxygen atoms in total. The molecule has 39 heavy (non-hydrogen) atoms. The summed E-state index contributed by atoms with van der Waals surface area (Å²) in [5.41, 5.74) is -0.629. The summed E-state index contributed by atoms with van der Waals surface area (Å²) in [6.07, 6.45) is -0.325. The van der Waals surface area contributed by atoms with Gasteiger partial charge in [0.25, 0.3) is 0 Å². The van der Waals surface area contributed by atoms with Gasteiger partial charge in [0.2, 0.25) is 5.91 Å². The van der Waals surface area contributed by atoms with Crippen LogP contribution in [0.3, 0.4) is 0 Å². The molecule has 5 rings (SSSR count). The van der Waals surface area contributed by atoms with E-state index in [1.165, 1.54) is 48.3 Å². The van der Waals surface area contributed by atoms with E-state index in [2.05, 4.69) is 5.32 Å². The molecule has 1 saturated carbocycles. The number of rotatable bonds is 6. The summed E-state index contributed by atoms with van der Waals surface area (Å²) in [6, 6.07) is 10.9. The van der Waals surface area contributed by atoms with Gasteiger partial charge in [-0.2, -0.15) is 0 Å². The molecular formula is C29H32F3N3O4. The molecule has 0 radical (unpaired) electrons. The Morgan fingerprint density at radius 3 is 2.13 bits per heavy atom. The molecule has 3 fully saturated rings. The third kappa shape index (κ3) is 5.26. The number of likely N-dealkylation sites (tertiary alicyclic amines) is 1. The third-order valence-electron chi connectivity index (χ3n) is 8.52. The van der Waals surface area contributed by atoms with E-state index >= 15 is 0 Å². The number of hydrogen-bond donors (Lipinski definition) is 1. The van der Waals surface area contributed by atoms with E-state index in [0.29, 0.717) is 38.0 Å². The standard InChI is InChI=1S/C29H32F3N3O4/c1-34(28(38)39-24-8-6-22(31)7-9-24)29(17-33-16-25(29)18-2-4-21(30)5-3-18)26(36)19-10-12-35(13-11-19)27(37)20-14-23(32)15-20/h2-9,19-20,23,25,33H,10-17H2,1H3/t20?,23?,25-,29+/m0/s1. The minimum atomic E-state index is -1.33. The normalized spacial score (nSPS) is 27.1. The molecule has 2 aromatic rings. The lowest BCUT2D eigenvalue weighted by Gasteiger charge is -2.44. The number of nitrogens with one attached hydrogen (secondary N) is 1. The molecule has 10 heteroatoms. The van der Waals surface area contributed by atoms with Crippen LogP contribution in [0.2, 0.25) is 0 Å². The highest BCUT2D eigenvalue weighted by atomic mass is 19.1. The maximum atomic E-state index is 14.4. The van der Waals surface area contributed by atoms with Crippen molar-refractivity contribution in [2.24, 2.45) is 11.8 Å². The monoisotopic (exact) mass is 543 g/mol. The van der Waals surface area contributed by atoms with Crippen molar-refractivity contribution in [2.75, 3.05) is 33.2 Å². The Morgan fingerprint density at radius 2 is 1.54 bits per heavy atom. The molecule has 2 amide bonds. The second kappa shape index (κ2) is 11.0. The summed E-state index contributed by atoms with van der Waals surface area (Å²) < 4.78 is 45.9. The van der Waals surface area contributed by atoms with Gasteiger partial charge < -0.3 is 15.0 Å². The number of benzene rings is 2. The Bertz CT molecular complexity index is 1210. The fourth-order valence-corrected chi connectivity index (χ4v) is 6.12. The van der Waals surface area contributed by atoms with Gasteiger partial charge in [0.15, 0.2) is 5.78 Å². The van der Waals surface area contributed by atoms with Crippen molar-refractivity contribution in [3.8, 4) is 5.75 Å². The number of nitrogens with zero attached hydrogens (tertiary/aromatic N) is 2. The van der Waals surface area contributed by atoms with Crippen LogP contribution in [0.5, 0.6) is 5.75 Å². The van der Waals surface area contributed by atoms with Crippen molar-refractivity contribution in [1.29, 1.82) is 0 Å². The van der Waals surface area contributed by atoms with Crippen molar-refractivity contribution in [1.82, 2.24) is 15.1 Å². The lowest BCUT2D eigenvalue weighted by Crippen LogP contribution is -2.62. The largest absolute Gasteiger partial charge is 0.415 e. The lowest BCUT2D eigenvalue weighted by molar-refractivity contribution is -0.144. The van der Waals surface area contributed by atoms with E-state index in [-0.39, 0.29) is 42.7 Å². The summed E-state index contributed by atoms with van der Waals surface area (Å²) in [6.45, 7) is 1.32. The van der Waals surface area contributed by atoms with Gasteiger partial charge in [-0.25, -0.2) is 18.0 Å². The van der Waals surface area contributed by atoms with E-state index in [4.69, 9.17) is 4.74 Å². The second-order valence-electron chi connectivity index (χ2n) is 10.8. The molecule has 2 aliphatic heterocycles. The zero-order valence-electron chi connectivity index (χ0n) is 21.7. The van der Waals surface area contributed by atoms with Crippen molar-refractivity contribution in [2.45, 2.75) is 43.3 Å². The first kappa shape index (κ1) is 27.2. The van der Waals surface area contributed by atoms with E-state index in [9.17, 15) is 27.6 Å². The maximum absolute atomic E-state index is 14.4. The Morgan fingerprint density at radius 1 is 0.949 bits per heavy atom. The van der Waals surface area contributed by atoms with Gasteiger partial charge >= 0.3 is 6.09 Å². The van der Waals surface area contributed by atoms with Gasteiger partial charge in [0.05, 0.1) is 0 Å². The smallest absolute Gasteiger partial charge is 0.410 e. The minimum absolute atomic E-state index is 0.0590. The first-order chi connectivity index (χ1) is 18.7. The quantitative estimate of drug-likeness (QED) is 0.594. The first-order valence-electron chi connectivity index (χ1n) is 13.3. The van der Waals surface area contributed by atoms with Crippen molar-refractivity contribution >= 4 is 17.8 Å². The van der Waals surface area contributed by atoms with E-state index < -0.39 is 41.3 Å². The van der Waals surface area contributed by atoms with Crippen molar-refractivity contribution in [3.63, 3.8) is 0 Å². The Balaban J connectivity index is 1.39. The molecule has 2 atom stereocenters. The second-order valence-corrected chi connectivity index (χ2v) is 10.8. The predicted octanol–water partition coefficient (Wildman–Crippen LogP) is 4.08. The topological polar surface area (TPSA) is 79.0 Å². The number of amides is 2. The number of likely N-dealkylation sites (N-methyl/N-ethyl adjacent to an activating group) is 1. The maximum Gasteiger partial charge on any atom is 0.415 e. The van der Waals surface area contributed by atoms with E-state index in [1.807, 2.05) is 0 Å². The number of halogens is 3. The fourth-order valence-electron chi connectivity index (χ4n) is 6.12. The van der Waals surface area contributed by atoms with Crippen LogP contribution in [0.4, 0.5) is 18.0 Å². The molecule has 0 unspecified atom stereocenters. The summed E-state index contributed by atoms with van der Waals surface area (Å²) in [5.74, 6) is -2.14. The molecular weight excluding hydrogens is 511 g/mol. The average Bonchev–Trinajstić information content (AvgIpc) is 3.38. The number of Topliss-reactive ketones (excluding diaryl/α,β-unsaturated/α-hetero) is 1. The predicted molar refractivity (Wildman–Crippen MR) is 137 cm³/mol. The fraction of sp³-hybridized carbons (Fsp3) is 0.483. The number of piperidine rings is 1. The third-order valence-corrected chi connectivity index (χ3v) is 8.52. The van der Waals surface area contributed by atoms with E-state index in [1.54, 1.807) is 17.0 Å². The molecule has 1 aliphatic carbocycles. The van der Waals surface area contributed by atoms with Gasteiger partial charge in [-0.3, -0.25) is 14.5 Å². The van der Waals surface area contributed by atoms with E-state index in [0.717, 1.165) is 0 Å². The average molecular weight is 544 g/mol. The van der Waals surface area contributed by atoms with Crippen LogP contribution in [0, 0.1) is 23.5 Å². The Hall–Kier alpha value is -3.40. The highest BCUT2D eigenvalue weighted by molar-refractivity contribution is 5.96.